The third-order valence-electron chi connectivity index (χ3n) is 3.91. The number of hydrogen-bond acceptors (Lipinski definition) is 2. The van der Waals surface area contributed by atoms with Crippen molar-refractivity contribution in [2.24, 2.45) is 7.05 Å². The molecule has 0 atom stereocenters. The molecule has 112 valence electrons. The van der Waals surface area contributed by atoms with E-state index in [1.54, 1.807) is 6.33 Å². The first-order chi connectivity index (χ1) is 11.3. The second-order valence-electron chi connectivity index (χ2n) is 5.46. The van der Waals surface area contributed by atoms with Crippen LogP contribution in [0.25, 0.3) is 29.1 Å². The molecule has 4 aromatic rings. The molecule has 3 aromatic heterocycles. The Kier molecular flexibility index (Phi) is 3.27. The van der Waals surface area contributed by atoms with Crippen molar-refractivity contribution in [3.8, 4) is 11.3 Å². The van der Waals surface area contributed by atoms with Crippen molar-refractivity contribution in [2.45, 2.75) is 0 Å². The second kappa shape index (κ2) is 5.57. The summed E-state index contributed by atoms with van der Waals surface area (Å²) in [7, 11) is 1.98. The zero-order valence-electron chi connectivity index (χ0n) is 12.8. The lowest BCUT2D eigenvalue weighted by Crippen LogP contribution is -1.89. The van der Waals surface area contributed by atoms with Gasteiger partial charge in [0.15, 0.2) is 0 Å². The molecule has 0 fully saturated rings. The zero-order chi connectivity index (χ0) is 15.6. The predicted octanol–water partition coefficient (Wildman–Crippen LogP) is 3.91. The number of nitrogens with zero attached hydrogens (tertiary/aromatic N) is 4. The number of fused-ring (bicyclic) bond motifs is 1. The minimum Gasteiger partial charge on any atom is -0.334 e. The van der Waals surface area contributed by atoms with E-state index in [-0.39, 0.29) is 0 Å². The molecule has 0 saturated carbocycles. The Morgan fingerprint density at radius 1 is 1.00 bits per heavy atom. The lowest BCUT2D eigenvalue weighted by Gasteiger charge is -2.02. The number of aromatic nitrogens is 4. The third-order valence-corrected chi connectivity index (χ3v) is 3.91. The summed E-state index contributed by atoms with van der Waals surface area (Å²) in [5.74, 6) is 0. The molecule has 0 unspecified atom stereocenters. The first kappa shape index (κ1) is 13.5. The van der Waals surface area contributed by atoms with E-state index in [2.05, 4.69) is 57.0 Å². The summed E-state index contributed by atoms with van der Waals surface area (Å²) < 4.78 is 4.09. The smallest absolute Gasteiger partial charge is 0.137 e. The molecular weight excluding hydrogens is 284 g/mol. The van der Waals surface area contributed by atoms with Gasteiger partial charge in [-0.1, -0.05) is 36.4 Å². The quantitative estimate of drug-likeness (QED) is 0.575. The molecule has 4 heteroatoms. The van der Waals surface area contributed by atoms with Gasteiger partial charge < -0.3 is 4.57 Å². The molecule has 0 aliphatic carbocycles. The SMILES string of the molecule is Cn1cncc1/C=C\c1ccn2c(-c3ccccc3)cnc2c1. The first-order valence-corrected chi connectivity index (χ1v) is 7.48. The Hall–Kier alpha value is -3.14. The van der Waals surface area contributed by atoms with Crippen LogP contribution >= 0.6 is 0 Å². The lowest BCUT2D eigenvalue weighted by molar-refractivity contribution is 0.902. The van der Waals surface area contributed by atoms with Crippen LogP contribution in [0.3, 0.4) is 0 Å². The fourth-order valence-electron chi connectivity index (χ4n) is 2.63. The van der Waals surface area contributed by atoms with Gasteiger partial charge in [0.05, 0.1) is 30.1 Å². The maximum atomic E-state index is 4.53. The minimum atomic E-state index is 0.941. The third kappa shape index (κ3) is 2.55. The van der Waals surface area contributed by atoms with Crippen molar-refractivity contribution < 1.29 is 0 Å². The van der Waals surface area contributed by atoms with Gasteiger partial charge in [0.2, 0.25) is 0 Å². The van der Waals surface area contributed by atoms with Gasteiger partial charge in [0.25, 0.3) is 0 Å². The van der Waals surface area contributed by atoms with Crippen LogP contribution in [0.4, 0.5) is 0 Å². The molecule has 1 aromatic carbocycles. The number of pyridine rings is 1. The fourth-order valence-corrected chi connectivity index (χ4v) is 2.63. The highest BCUT2D eigenvalue weighted by molar-refractivity contribution is 5.71. The van der Waals surface area contributed by atoms with Gasteiger partial charge in [0, 0.05) is 18.8 Å². The number of aryl methyl sites for hydroxylation is 1. The largest absolute Gasteiger partial charge is 0.334 e. The molecule has 4 rings (SSSR count). The highest BCUT2D eigenvalue weighted by Crippen LogP contribution is 2.21. The number of rotatable bonds is 3. The highest BCUT2D eigenvalue weighted by atomic mass is 15.0. The first-order valence-electron chi connectivity index (χ1n) is 7.48. The predicted molar refractivity (Wildman–Crippen MR) is 92.8 cm³/mol. The van der Waals surface area contributed by atoms with Crippen LogP contribution in [-0.2, 0) is 7.05 Å². The number of hydrogen-bond donors (Lipinski definition) is 0. The molecule has 0 N–H and O–H groups in total. The van der Waals surface area contributed by atoms with Gasteiger partial charge in [-0.25, -0.2) is 9.97 Å². The van der Waals surface area contributed by atoms with Crippen molar-refractivity contribution in [3.63, 3.8) is 0 Å². The Morgan fingerprint density at radius 3 is 2.65 bits per heavy atom. The van der Waals surface area contributed by atoms with Gasteiger partial charge in [-0.2, -0.15) is 0 Å². The average Bonchev–Trinajstić information content (AvgIpc) is 3.19. The van der Waals surface area contributed by atoms with E-state index in [1.165, 1.54) is 0 Å². The van der Waals surface area contributed by atoms with Crippen LogP contribution < -0.4 is 0 Å². The standard InChI is InChI=1S/C19H16N4/c1-22-14-20-12-17(22)8-7-15-9-10-23-18(13-21-19(23)11-15)16-5-3-2-4-6-16/h2-14H,1H3/b8-7-. The van der Waals surface area contributed by atoms with Crippen LogP contribution in [0.2, 0.25) is 0 Å². The zero-order valence-corrected chi connectivity index (χ0v) is 12.8. The van der Waals surface area contributed by atoms with Gasteiger partial charge in [0.1, 0.15) is 5.65 Å². The monoisotopic (exact) mass is 300 g/mol. The summed E-state index contributed by atoms with van der Waals surface area (Å²) in [4.78, 5) is 8.65. The summed E-state index contributed by atoms with van der Waals surface area (Å²) in [6.45, 7) is 0. The lowest BCUT2D eigenvalue weighted by atomic mass is 10.2. The van der Waals surface area contributed by atoms with Crippen LogP contribution in [-0.4, -0.2) is 18.9 Å². The summed E-state index contributed by atoms with van der Waals surface area (Å²) in [5, 5.41) is 0. The molecule has 0 spiro atoms. The molecule has 0 radical (unpaired) electrons. The normalized spacial score (nSPS) is 11.5. The van der Waals surface area contributed by atoms with Crippen LogP contribution in [0, 0.1) is 0 Å². The van der Waals surface area contributed by atoms with Crippen LogP contribution in [0.1, 0.15) is 11.3 Å². The Bertz CT molecular complexity index is 977. The van der Waals surface area contributed by atoms with Gasteiger partial charge in [-0.3, -0.25) is 4.40 Å². The molecule has 0 amide bonds. The van der Waals surface area contributed by atoms with Crippen molar-refractivity contribution in [3.05, 3.63) is 78.6 Å². The van der Waals surface area contributed by atoms with Crippen molar-refractivity contribution in [1.82, 2.24) is 18.9 Å². The van der Waals surface area contributed by atoms with E-state index >= 15 is 0 Å². The Labute approximate surface area is 134 Å². The van der Waals surface area contributed by atoms with E-state index in [0.717, 1.165) is 28.2 Å². The molecule has 0 aliphatic heterocycles. The van der Waals surface area contributed by atoms with E-state index < -0.39 is 0 Å². The van der Waals surface area contributed by atoms with Crippen molar-refractivity contribution in [1.29, 1.82) is 0 Å². The minimum absolute atomic E-state index is 0.941. The molecule has 0 bridgehead atoms. The summed E-state index contributed by atoms with van der Waals surface area (Å²) in [6, 6.07) is 14.5. The maximum Gasteiger partial charge on any atom is 0.137 e. The molecule has 3 heterocycles. The van der Waals surface area contributed by atoms with Gasteiger partial charge >= 0.3 is 0 Å². The van der Waals surface area contributed by atoms with E-state index in [4.69, 9.17) is 0 Å². The summed E-state index contributed by atoms with van der Waals surface area (Å²) >= 11 is 0. The van der Waals surface area contributed by atoms with Gasteiger partial charge in [-0.05, 0) is 23.8 Å². The van der Waals surface area contributed by atoms with Crippen molar-refractivity contribution >= 4 is 17.8 Å². The molecule has 4 nitrogen and oxygen atoms in total. The van der Waals surface area contributed by atoms with Gasteiger partial charge in [-0.15, -0.1) is 0 Å². The van der Waals surface area contributed by atoms with Crippen LogP contribution in [0.5, 0.6) is 0 Å². The Balaban J connectivity index is 1.70. The Morgan fingerprint density at radius 2 is 1.87 bits per heavy atom. The topological polar surface area (TPSA) is 35.1 Å². The molecular formula is C19H16N4. The summed E-state index contributed by atoms with van der Waals surface area (Å²) in [6.07, 6.45) is 11.8. The second-order valence-corrected chi connectivity index (χ2v) is 5.46. The molecule has 0 aliphatic rings. The van der Waals surface area contributed by atoms with Crippen LogP contribution in [0.15, 0.2) is 67.4 Å². The van der Waals surface area contributed by atoms with E-state index in [9.17, 15) is 0 Å². The molecule has 23 heavy (non-hydrogen) atoms. The summed E-state index contributed by atoms with van der Waals surface area (Å²) in [5.41, 5.74) is 5.39. The average molecular weight is 300 g/mol. The number of benzene rings is 1. The van der Waals surface area contributed by atoms with Crippen molar-refractivity contribution in [2.75, 3.05) is 0 Å². The van der Waals surface area contributed by atoms with E-state index in [0.29, 0.717) is 0 Å². The fraction of sp³-hybridized carbons (Fsp3) is 0.0526. The molecule has 0 saturated heterocycles. The highest BCUT2D eigenvalue weighted by Gasteiger charge is 2.05. The number of imidazole rings is 2. The maximum absolute atomic E-state index is 4.53. The van der Waals surface area contributed by atoms with E-state index in [1.807, 2.05) is 42.2 Å².